The molecule has 3 nitrogen and oxygen atoms in total. The van der Waals surface area contributed by atoms with Gasteiger partial charge in [-0.1, -0.05) is 6.92 Å². The summed E-state index contributed by atoms with van der Waals surface area (Å²) in [6.07, 6.45) is 8.60. The molecule has 1 N–H and O–H groups in total. The first-order chi connectivity index (χ1) is 9.81. The molecular weight excluding hydrogens is 246 g/mol. The number of rotatable bonds is 3. The van der Waals surface area contributed by atoms with Crippen molar-refractivity contribution < 1.29 is 0 Å². The molecule has 0 unspecified atom stereocenters. The molecule has 3 rings (SSSR count). The summed E-state index contributed by atoms with van der Waals surface area (Å²) < 4.78 is 0. The first-order valence-corrected chi connectivity index (χ1v) is 8.98. The molecule has 0 atom stereocenters. The van der Waals surface area contributed by atoms with Crippen molar-refractivity contribution in [1.29, 1.82) is 0 Å². The third-order valence-corrected chi connectivity index (χ3v) is 5.88. The van der Waals surface area contributed by atoms with Gasteiger partial charge >= 0.3 is 0 Å². The van der Waals surface area contributed by atoms with Crippen LogP contribution in [0.15, 0.2) is 0 Å². The van der Waals surface area contributed by atoms with E-state index in [1.54, 1.807) is 0 Å². The largest absolute Gasteiger partial charge is 0.317 e. The lowest BCUT2D eigenvalue weighted by Gasteiger charge is -2.42. The van der Waals surface area contributed by atoms with Crippen LogP contribution < -0.4 is 5.32 Å². The van der Waals surface area contributed by atoms with E-state index in [0.717, 1.165) is 17.9 Å². The molecule has 0 spiro atoms. The Morgan fingerprint density at radius 3 is 2.15 bits per heavy atom. The third kappa shape index (κ3) is 3.96. The lowest BCUT2D eigenvalue weighted by atomic mass is 9.86. The van der Waals surface area contributed by atoms with Gasteiger partial charge in [0, 0.05) is 38.8 Å². The molecule has 0 aromatic heterocycles. The highest BCUT2D eigenvalue weighted by molar-refractivity contribution is 4.83. The second kappa shape index (κ2) is 7.24. The van der Waals surface area contributed by atoms with Crippen LogP contribution in [0.3, 0.4) is 0 Å². The number of nitrogens with one attached hydrogen (secondary N) is 1. The van der Waals surface area contributed by atoms with E-state index in [0.29, 0.717) is 0 Å². The summed E-state index contributed by atoms with van der Waals surface area (Å²) in [5, 5.41) is 3.48. The van der Waals surface area contributed by atoms with Crippen LogP contribution in [0.25, 0.3) is 0 Å². The van der Waals surface area contributed by atoms with Gasteiger partial charge in [0.2, 0.25) is 0 Å². The van der Waals surface area contributed by atoms with Crippen molar-refractivity contribution in [2.24, 2.45) is 11.8 Å². The Kier molecular flexibility index (Phi) is 5.36. The van der Waals surface area contributed by atoms with Crippen molar-refractivity contribution in [3.63, 3.8) is 0 Å². The van der Waals surface area contributed by atoms with E-state index < -0.39 is 0 Å². The second-order valence-electron chi connectivity index (χ2n) is 7.44. The summed E-state index contributed by atoms with van der Waals surface area (Å²) in [6, 6.07) is 0.909. The molecule has 116 valence electrons. The zero-order valence-electron chi connectivity index (χ0n) is 13.3. The topological polar surface area (TPSA) is 18.5 Å². The number of hydrogen-bond donors (Lipinski definition) is 1. The van der Waals surface area contributed by atoms with E-state index in [9.17, 15) is 0 Å². The predicted molar refractivity (Wildman–Crippen MR) is 85.0 cm³/mol. The summed E-state index contributed by atoms with van der Waals surface area (Å²) in [5.41, 5.74) is 0. The van der Waals surface area contributed by atoms with Crippen LogP contribution in [0, 0.1) is 11.8 Å². The van der Waals surface area contributed by atoms with Crippen LogP contribution >= 0.6 is 0 Å². The Morgan fingerprint density at radius 1 is 0.850 bits per heavy atom. The summed E-state index contributed by atoms with van der Waals surface area (Å²) in [4.78, 5) is 5.53. The van der Waals surface area contributed by atoms with Crippen LogP contribution in [0.4, 0.5) is 0 Å². The fraction of sp³-hybridized carbons (Fsp3) is 1.00. The van der Waals surface area contributed by atoms with Gasteiger partial charge in [-0.05, 0) is 63.5 Å². The SMILES string of the molecule is CC1CCC(N2CCN(CC3CCNCC3)CC2)CC1. The Bertz CT molecular complexity index is 272. The van der Waals surface area contributed by atoms with Gasteiger partial charge in [-0.2, -0.15) is 0 Å². The maximum atomic E-state index is 3.48. The highest BCUT2D eigenvalue weighted by Gasteiger charge is 2.27. The molecule has 2 heterocycles. The van der Waals surface area contributed by atoms with Crippen molar-refractivity contribution in [1.82, 2.24) is 15.1 Å². The molecule has 20 heavy (non-hydrogen) atoms. The zero-order chi connectivity index (χ0) is 13.8. The van der Waals surface area contributed by atoms with Gasteiger partial charge in [0.05, 0.1) is 0 Å². The maximum Gasteiger partial charge on any atom is 0.0113 e. The minimum atomic E-state index is 0.909. The molecule has 0 aromatic rings. The normalized spacial score (nSPS) is 35.2. The Balaban J connectivity index is 1.38. The monoisotopic (exact) mass is 279 g/mol. The van der Waals surface area contributed by atoms with E-state index in [2.05, 4.69) is 22.0 Å². The molecule has 3 heteroatoms. The van der Waals surface area contributed by atoms with E-state index in [1.165, 1.54) is 84.3 Å². The van der Waals surface area contributed by atoms with Gasteiger partial charge in [-0.15, -0.1) is 0 Å². The van der Waals surface area contributed by atoms with E-state index in [4.69, 9.17) is 0 Å². The molecule has 0 bridgehead atoms. The predicted octanol–water partition coefficient (Wildman–Crippen LogP) is 2.18. The highest BCUT2D eigenvalue weighted by Crippen LogP contribution is 2.27. The average molecular weight is 279 g/mol. The van der Waals surface area contributed by atoms with Gasteiger partial charge in [0.15, 0.2) is 0 Å². The summed E-state index contributed by atoms with van der Waals surface area (Å²) >= 11 is 0. The smallest absolute Gasteiger partial charge is 0.0113 e. The van der Waals surface area contributed by atoms with Crippen LogP contribution in [0.2, 0.25) is 0 Å². The fourth-order valence-corrected chi connectivity index (χ4v) is 4.35. The van der Waals surface area contributed by atoms with Crippen molar-refractivity contribution in [3.8, 4) is 0 Å². The molecule has 2 aliphatic heterocycles. The number of piperazine rings is 1. The quantitative estimate of drug-likeness (QED) is 0.854. The summed E-state index contributed by atoms with van der Waals surface area (Å²) in [7, 11) is 0. The Labute approximate surface area is 125 Å². The van der Waals surface area contributed by atoms with Crippen molar-refractivity contribution in [3.05, 3.63) is 0 Å². The fourth-order valence-electron chi connectivity index (χ4n) is 4.35. The van der Waals surface area contributed by atoms with Crippen molar-refractivity contribution in [2.75, 3.05) is 45.8 Å². The van der Waals surface area contributed by atoms with E-state index in [1.807, 2.05) is 0 Å². The standard InChI is InChI=1S/C17H33N3/c1-15-2-4-17(5-3-15)20-12-10-19(11-13-20)14-16-6-8-18-9-7-16/h15-18H,2-14H2,1H3. The van der Waals surface area contributed by atoms with Gasteiger partial charge in [-0.3, -0.25) is 4.90 Å². The minimum Gasteiger partial charge on any atom is -0.317 e. The molecule has 1 saturated carbocycles. The zero-order valence-corrected chi connectivity index (χ0v) is 13.3. The van der Waals surface area contributed by atoms with Crippen molar-refractivity contribution in [2.45, 2.75) is 51.5 Å². The van der Waals surface area contributed by atoms with E-state index >= 15 is 0 Å². The first-order valence-electron chi connectivity index (χ1n) is 8.98. The molecule has 0 aromatic carbocycles. The minimum absolute atomic E-state index is 0.909. The average Bonchev–Trinajstić information content (AvgIpc) is 2.50. The van der Waals surface area contributed by atoms with Gasteiger partial charge in [0.25, 0.3) is 0 Å². The molecule has 0 radical (unpaired) electrons. The Morgan fingerprint density at radius 2 is 1.50 bits per heavy atom. The molecule has 2 saturated heterocycles. The lowest BCUT2D eigenvalue weighted by Crippen LogP contribution is -2.52. The lowest BCUT2D eigenvalue weighted by molar-refractivity contribution is 0.0622. The maximum absolute atomic E-state index is 3.48. The van der Waals surface area contributed by atoms with Crippen LogP contribution in [-0.4, -0.2) is 61.7 Å². The van der Waals surface area contributed by atoms with Crippen LogP contribution in [-0.2, 0) is 0 Å². The number of hydrogen-bond acceptors (Lipinski definition) is 3. The highest BCUT2D eigenvalue weighted by atomic mass is 15.3. The van der Waals surface area contributed by atoms with Gasteiger partial charge < -0.3 is 10.2 Å². The molecule has 1 aliphatic carbocycles. The van der Waals surface area contributed by atoms with Gasteiger partial charge in [-0.25, -0.2) is 0 Å². The summed E-state index contributed by atoms with van der Waals surface area (Å²) in [5.74, 6) is 1.94. The van der Waals surface area contributed by atoms with Gasteiger partial charge in [0.1, 0.15) is 0 Å². The summed E-state index contributed by atoms with van der Waals surface area (Å²) in [6.45, 7) is 11.5. The molecular formula is C17H33N3. The Hall–Kier alpha value is -0.120. The first kappa shape index (κ1) is 14.8. The van der Waals surface area contributed by atoms with Crippen LogP contribution in [0.5, 0.6) is 0 Å². The number of piperidine rings is 1. The number of nitrogens with zero attached hydrogens (tertiary/aromatic N) is 2. The third-order valence-electron chi connectivity index (χ3n) is 5.88. The molecule has 3 aliphatic rings. The van der Waals surface area contributed by atoms with Crippen LogP contribution in [0.1, 0.15) is 45.4 Å². The van der Waals surface area contributed by atoms with Crippen molar-refractivity contribution >= 4 is 0 Å². The van der Waals surface area contributed by atoms with E-state index in [-0.39, 0.29) is 0 Å². The molecule has 0 amide bonds. The second-order valence-corrected chi connectivity index (χ2v) is 7.44. The molecule has 3 fully saturated rings.